The highest BCUT2D eigenvalue weighted by Crippen LogP contribution is 2.31. The maximum atomic E-state index is 6.07. The molecule has 0 N–H and O–H groups in total. The third-order valence-corrected chi connectivity index (χ3v) is 3.56. The SMILES string of the molecule is C#CCCc1cc2c(Cl)cccc2s1. The van der Waals surface area contributed by atoms with Crippen molar-refractivity contribution in [1.82, 2.24) is 0 Å². The van der Waals surface area contributed by atoms with Gasteiger partial charge in [0.15, 0.2) is 0 Å². The minimum atomic E-state index is 0.796. The molecule has 2 heteroatoms. The van der Waals surface area contributed by atoms with E-state index in [0.29, 0.717) is 0 Å². The summed E-state index contributed by atoms with van der Waals surface area (Å²) >= 11 is 7.84. The van der Waals surface area contributed by atoms with Crippen LogP contribution >= 0.6 is 22.9 Å². The van der Waals surface area contributed by atoms with Gasteiger partial charge in [0.25, 0.3) is 0 Å². The van der Waals surface area contributed by atoms with Crippen LogP contribution in [0.1, 0.15) is 11.3 Å². The first-order chi connectivity index (χ1) is 6.81. The molecule has 0 aliphatic carbocycles. The summed E-state index contributed by atoms with van der Waals surface area (Å²) in [5.41, 5.74) is 0. The van der Waals surface area contributed by atoms with E-state index < -0.39 is 0 Å². The molecule has 0 atom stereocenters. The molecule has 2 aromatic rings. The number of hydrogen-bond acceptors (Lipinski definition) is 1. The minimum Gasteiger partial charge on any atom is -0.140 e. The van der Waals surface area contributed by atoms with Crippen molar-refractivity contribution in [3.05, 3.63) is 34.2 Å². The van der Waals surface area contributed by atoms with Crippen molar-refractivity contribution < 1.29 is 0 Å². The van der Waals surface area contributed by atoms with Gasteiger partial charge < -0.3 is 0 Å². The number of terminal acetylenes is 1. The third kappa shape index (κ3) is 1.77. The second kappa shape index (κ2) is 4.04. The maximum absolute atomic E-state index is 6.07. The maximum Gasteiger partial charge on any atom is 0.0492 e. The Bertz CT molecular complexity index is 490. The van der Waals surface area contributed by atoms with Gasteiger partial charge >= 0.3 is 0 Å². The Balaban J connectivity index is 2.42. The number of fused-ring (bicyclic) bond motifs is 1. The molecule has 0 unspecified atom stereocenters. The van der Waals surface area contributed by atoms with Crippen LogP contribution in [0.15, 0.2) is 24.3 Å². The molecule has 0 bridgehead atoms. The topological polar surface area (TPSA) is 0 Å². The van der Waals surface area contributed by atoms with Gasteiger partial charge in [0.05, 0.1) is 0 Å². The van der Waals surface area contributed by atoms with Crippen molar-refractivity contribution >= 4 is 33.0 Å². The summed E-state index contributed by atoms with van der Waals surface area (Å²) in [4.78, 5) is 1.31. The normalized spacial score (nSPS) is 10.3. The van der Waals surface area contributed by atoms with Gasteiger partial charge in [0, 0.05) is 26.4 Å². The van der Waals surface area contributed by atoms with Gasteiger partial charge in [-0.3, -0.25) is 0 Å². The lowest BCUT2D eigenvalue weighted by Crippen LogP contribution is -1.74. The lowest BCUT2D eigenvalue weighted by atomic mass is 10.2. The molecule has 0 fully saturated rings. The van der Waals surface area contributed by atoms with E-state index in [2.05, 4.69) is 18.1 Å². The first-order valence-corrected chi connectivity index (χ1v) is 5.61. The molecule has 0 aliphatic heterocycles. The molecule has 1 heterocycles. The van der Waals surface area contributed by atoms with Gasteiger partial charge in [0.2, 0.25) is 0 Å². The smallest absolute Gasteiger partial charge is 0.0492 e. The number of aryl methyl sites for hydroxylation is 1. The van der Waals surface area contributed by atoms with E-state index in [1.165, 1.54) is 9.58 Å². The Kier molecular flexibility index (Phi) is 2.77. The van der Waals surface area contributed by atoms with Gasteiger partial charge in [-0.25, -0.2) is 0 Å². The van der Waals surface area contributed by atoms with Crippen molar-refractivity contribution in [2.45, 2.75) is 12.8 Å². The van der Waals surface area contributed by atoms with E-state index in [9.17, 15) is 0 Å². The van der Waals surface area contributed by atoms with Gasteiger partial charge in [-0.05, 0) is 24.6 Å². The predicted molar refractivity (Wildman–Crippen MR) is 64.0 cm³/mol. The molecule has 14 heavy (non-hydrogen) atoms. The van der Waals surface area contributed by atoms with E-state index >= 15 is 0 Å². The lowest BCUT2D eigenvalue weighted by Gasteiger charge is -1.89. The van der Waals surface area contributed by atoms with Crippen LogP contribution in [0, 0.1) is 12.3 Å². The quantitative estimate of drug-likeness (QED) is 0.668. The van der Waals surface area contributed by atoms with Crippen molar-refractivity contribution in [3.63, 3.8) is 0 Å². The Labute approximate surface area is 92.5 Å². The lowest BCUT2D eigenvalue weighted by molar-refractivity contribution is 1.06. The van der Waals surface area contributed by atoms with Crippen molar-refractivity contribution in [3.8, 4) is 12.3 Å². The Morgan fingerprint density at radius 3 is 3.00 bits per heavy atom. The average Bonchev–Trinajstić information content (AvgIpc) is 2.59. The first-order valence-electron chi connectivity index (χ1n) is 4.41. The molecule has 0 saturated carbocycles. The molecule has 1 aromatic carbocycles. The highest BCUT2D eigenvalue weighted by atomic mass is 35.5. The van der Waals surface area contributed by atoms with E-state index in [0.717, 1.165) is 23.3 Å². The summed E-state index contributed by atoms with van der Waals surface area (Å²) in [5.74, 6) is 2.65. The Hall–Kier alpha value is -0.970. The van der Waals surface area contributed by atoms with Gasteiger partial charge in [-0.1, -0.05) is 17.7 Å². The molecule has 0 aliphatic rings. The molecule has 0 nitrogen and oxygen atoms in total. The number of halogens is 1. The van der Waals surface area contributed by atoms with Crippen LogP contribution in [-0.2, 0) is 6.42 Å². The van der Waals surface area contributed by atoms with Crippen LogP contribution in [0.3, 0.4) is 0 Å². The molecular formula is C12H9ClS. The highest BCUT2D eigenvalue weighted by Gasteiger charge is 2.03. The molecule has 0 amide bonds. The van der Waals surface area contributed by atoms with Crippen LogP contribution in [-0.4, -0.2) is 0 Å². The molecule has 0 radical (unpaired) electrons. The monoisotopic (exact) mass is 220 g/mol. The summed E-state index contributed by atoms with van der Waals surface area (Å²) in [6.07, 6.45) is 6.98. The molecule has 0 saturated heterocycles. The molecular weight excluding hydrogens is 212 g/mol. The number of thiophene rings is 1. The Morgan fingerprint density at radius 1 is 1.43 bits per heavy atom. The summed E-state index contributed by atoms with van der Waals surface area (Å²) in [5, 5.41) is 1.97. The van der Waals surface area contributed by atoms with E-state index in [4.69, 9.17) is 18.0 Å². The van der Waals surface area contributed by atoms with Gasteiger partial charge in [0.1, 0.15) is 0 Å². The number of hydrogen-bond donors (Lipinski definition) is 0. The fourth-order valence-corrected chi connectivity index (χ4v) is 2.77. The van der Waals surface area contributed by atoms with Crippen LogP contribution in [0.25, 0.3) is 10.1 Å². The molecule has 70 valence electrons. The number of benzene rings is 1. The van der Waals surface area contributed by atoms with Crippen LogP contribution < -0.4 is 0 Å². The zero-order valence-electron chi connectivity index (χ0n) is 7.59. The van der Waals surface area contributed by atoms with E-state index in [1.54, 1.807) is 11.3 Å². The zero-order chi connectivity index (χ0) is 9.97. The van der Waals surface area contributed by atoms with Gasteiger partial charge in [-0.2, -0.15) is 0 Å². The largest absolute Gasteiger partial charge is 0.140 e. The second-order valence-electron chi connectivity index (χ2n) is 3.07. The number of rotatable bonds is 2. The fourth-order valence-electron chi connectivity index (χ4n) is 1.40. The summed E-state index contributed by atoms with van der Waals surface area (Å²) < 4.78 is 1.24. The van der Waals surface area contributed by atoms with Crippen molar-refractivity contribution in [1.29, 1.82) is 0 Å². The molecule has 0 spiro atoms. The first kappa shape index (κ1) is 9.58. The van der Waals surface area contributed by atoms with Crippen LogP contribution in [0.2, 0.25) is 5.02 Å². The van der Waals surface area contributed by atoms with Crippen molar-refractivity contribution in [2.75, 3.05) is 0 Å². The standard InChI is InChI=1S/C12H9ClS/c1-2-3-5-9-8-10-11(13)6-4-7-12(10)14-9/h1,4,6-8H,3,5H2. The average molecular weight is 221 g/mol. The van der Waals surface area contributed by atoms with Crippen LogP contribution in [0.5, 0.6) is 0 Å². The van der Waals surface area contributed by atoms with Crippen LogP contribution in [0.4, 0.5) is 0 Å². The third-order valence-electron chi connectivity index (χ3n) is 2.08. The summed E-state index contributed by atoms with van der Waals surface area (Å²) in [6.45, 7) is 0. The van der Waals surface area contributed by atoms with Crippen molar-refractivity contribution in [2.24, 2.45) is 0 Å². The summed E-state index contributed by atoms with van der Waals surface area (Å²) in [7, 11) is 0. The van der Waals surface area contributed by atoms with Gasteiger partial charge in [-0.15, -0.1) is 23.7 Å². The summed E-state index contributed by atoms with van der Waals surface area (Å²) in [6, 6.07) is 8.12. The van der Waals surface area contributed by atoms with E-state index in [-0.39, 0.29) is 0 Å². The fraction of sp³-hybridized carbons (Fsp3) is 0.167. The Morgan fingerprint density at radius 2 is 2.29 bits per heavy atom. The second-order valence-corrected chi connectivity index (χ2v) is 4.64. The predicted octanol–water partition coefficient (Wildman–Crippen LogP) is 4.12. The molecule has 1 aromatic heterocycles. The minimum absolute atomic E-state index is 0.796. The molecule has 2 rings (SSSR count). The van der Waals surface area contributed by atoms with E-state index in [1.807, 2.05) is 12.1 Å². The zero-order valence-corrected chi connectivity index (χ0v) is 9.16. The highest BCUT2D eigenvalue weighted by molar-refractivity contribution is 7.19.